The van der Waals surface area contributed by atoms with Crippen molar-refractivity contribution in [3.8, 4) is 5.75 Å². The molecule has 0 saturated heterocycles. The Bertz CT molecular complexity index is 1430. The average molecular weight is 466 g/mol. The van der Waals surface area contributed by atoms with Crippen molar-refractivity contribution in [1.82, 2.24) is 9.88 Å². The van der Waals surface area contributed by atoms with E-state index in [9.17, 15) is 13.6 Å². The smallest absolute Gasteiger partial charge is 0.258 e. The van der Waals surface area contributed by atoms with Crippen molar-refractivity contribution in [3.63, 3.8) is 0 Å². The van der Waals surface area contributed by atoms with Crippen molar-refractivity contribution in [2.24, 2.45) is 0 Å². The molecule has 1 N–H and O–H groups in total. The van der Waals surface area contributed by atoms with Crippen LogP contribution in [-0.4, -0.2) is 29.4 Å². The number of carbonyl (C=O) groups excluding carboxylic acids is 1. The minimum Gasteiger partial charge on any atom is -0.497 e. The van der Waals surface area contributed by atoms with Gasteiger partial charge in [0.05, 0.1) is 24.1 Å². The van der Waals surface area contributed by atoms with Crippen LogP contribution in [0.3, 0.4) is 0 Å². The Morgan fingerprint density at radius 2 is 1.91 bits per heavy atom. The highest BCUT2D eigenvalue weighted by Crippen LogP contribution is 2.48. The molecule has 1 atom stereocenters. The van der Waals surface area contributed by atoms with Crippen molar-refractivity contribution < 1.29 is 18.3 Å². The normalized spacial score (nSPS) is 17.1. The zero-order valence-corrected chi connectivity index (χ0v) is 18.3. The minimum absolute atomic E-state index is 0.230. The van der Waals surface area contributed by atoms with Gasteiger partial charge in [-0.2, -0.15) is 0 Å². The third-order valence-corrected chi connectivity index (χ3v) is 6.60. The van der Waals surface area contributed by atoms with E-state index in [-0.39, 0.29) is 16.5 Å². The van der Waals surface area contributed by atoms with Crippen LogP contribution in [0, 0.1) is 11.6 Å². The van der Waals surface area contributed by atoms with E-state index in [0.29, 0.717) is 24.3 Å². The van der Waals surface area contributed by atoms with Crippen LogP contribution in [-0.2, 0) is 6.42 Å². The van der Waals surface area contributed by atoms with Crippen LogP contribution in [0.1, 0.15) is 27.8 Å². The molecule has 166 valence electrons. The standard InChI is InChI=1S/C25H18ClF2N3O2/c1-33-17-3-4-21-19(12-17)18-6-7-30-24(23(18)29-21)31(16-9-13(26)8-15(28)10-16)22-5-2-14(27)11-20(22)25(30)32/h2-5,8-12,24,29H,6-7H2,1H3. The molecule has 0 radical (unpaired) electrons. The Kier molecular flexibility index (Phi) is 4.39. The van der Waals surface area contributed by atoms with Crippen molar-refractivity contribution in [1.29, 1.82) is 0 Å². The van der Waals surface area contributed by atoms with Crippen LogP contribution in [0.5, 0.6) is 5.75 Å². The zero-order valence-electron chi connectivity index (χ0n) is 17.5. The van der Waals surface area contributed by atoms with Crippen LogP contribution in [0.15, 0.2) is 54.6 Å². The fourth-order valence-electron chi connectivity index (χ4n) is 4.99. The van der Waals surface area contributed by atoms with Gasteiger partial charge in [-0.15, -0.1) is 0 Å². The molecular weight excluding hydrogens is 448 g/mol. The molecule has 0 bridgehead atoms. The number of carbonyl (C=O) groups is 1. The highest BCUT2D eigenvalue weighted by Gasteiger charge is 2.44. The number of anilines is 2. The molecule has 8 heteroatoms. The van der Waals surface area contributed by atoms with Gasteiger partial charge in [0, 0.05) is 28.2 Å². The van der Waals surface area contributed by atoms with E-state index < -0.39 is 17.8 Å². The summed E-state index contributed by atoms with van der Waals surface area (Å²) in [5.74, 6) is -0.536. The lowest BCUT2D eigenvalue weighted by Gasteiger charge is -2.47. The first kappa shape index (κ1) is 20.1. The molecule has 3 heterocycles. The zero-order chi connectivity index (χ0) is 22.9. The van der Waals surface area contributed by atoms with Crippen LogP contribution < -0.4 is 9.64 Å². The molecule has 4 aromatic rings. The summed E-state index contributed by atoms with van der Waals surface area (Å²) in [6.45, 7) is 0.427. The number of nitrogens with zero attached hydrogens (tertiary/aromatic N) is 2. The Balaban J connectivity index is 1.63. The number of methoxy groups -OCH3 is 1. The maximum absolute atomic E-state index is 14.4. The SMILES string of the molecule is COc1ccc2[nH]c3c(c2c1)CCN1C(=O)c2cc(F)ccc2N(c2cc(F)cc(Cl)c2)C31. The van der Waals surface area contributed by atoms with Gasteiger partial charge in [0.25, 0.3) is 5.91 Å². The lowest BCUT2D eigenvalue weighted by Crippen LogP contribution is -2.50. The predicted octanol–water partition coefficient (Wildman–Crippen LogP) is 5.96. The van der Waals surface area contributed by atoms with Crippen LogP contribution >= 0.6 is 11.6 Å². The molecule has 6 rings (SSSR count). The van der Waals surface area contributed by atoms with Gasteiger partial charge in [-0.1, -0.05) is 11.6 Å². The number of ether oxygens (including phenoxy) is 1. The fourth-order valence-corrected chi connectivity index (χ4v) is 5.21. The van der Waals surface area contributed by atoms with Crippen molar-refractivity contribution in [3.05, 3.63) is 88.1 Å². The summed E-state index contributed by atoms with van der Waals surface area (Å²) in [6, 6.07) is 14.1. The molecule has 0 fully saturated rings. The van der Waals surface area contributed by atoms with Gasteiger partial charge >= 0.3 is 0 Å². The van der Waals surface area contributed by atoms with E-state index >= 15 is 0 Å². The molecular formula is C25H18ClF2N3O2. The summed E-state index contributed by atoms with van der Waals surface area (Å²) in [5, 5.41) is 1.24. The monoisotopic (exact) mass is 465 g/mol. The van der Waals surface area contributed by atoms with E-state index in [4.69, 9.17) is 16.3 Å². The van der Waals surface area contributed by atoms with E-state index in [2.05, 4.69) is 4.98 Å². The number of rotatable bonds is 2. The molecule has 0 aliphatic carbocycles. The Labute approximate surface area is 193 Å². The largest absolute Gasteiger partial charge is 0.497 e. The Hall–Kier alpha value is -3.58. The summed E-state index contributed by atoms with van der Waals surface area (Å²) in [5.41, 5.74) is 4.00. The number of benzene rings is 3. The van der Waals surface area contributed by atoms with Gasteiger partial charge in [0.2, 0.25) is 0 Å². The maximum atomic E-state index is 14.4. The molecule has 0 spiro atoms. The van der Waals surface area contributed by atoms with E-state index in [1.54, 1.807) is 24.1 Å². The quantitative estimate of drug-likeness (QED) is 0.397. The number of aromatic nitrogens is 1. The number of hydrogen-bond acceptors (Lipinski definition) is 3. The maximum Gasteiger partial charge on any atom is 0.258 e. The number of aromatic amines is 1. The van der Waals surface area contributed by atoms with Gasteiger partial charge < -0.3 is 19.5 Å². The molecule has 0 saturated carbocycles. The second-order valence-corrected chi connectivity index (χ2v) is 8.65. The fraction of sp³-hybridized carbons (Fsp3) is 0.160. The predicted molar refractivity (Wildman–Crippen MR) is 122 cm³/mol. The van der Waals surface area contributed by atoms with E-state index in [1.807, 2.05) is 23.1 Å². The highest BCUT2D eigenvalue weighted by molar-refractivity contribution is 6.30. The molecule has 5 nitrogen and oxygen atoms in total. The van der Waals surface area contributed by atoms with Crippen LogP contribution in [0.25, 0.3) is 10.9 Å². The third kappa shape index (κ3) is 2.99. The van der Waals surface area contributed by atoms with Gasteiger partial charge in [0.1, 0.15) is 17.4 Å². The van der Waals surface area contributed by atoms with E-state index in [1.165, 1.54) is 24.3 Å². The average Bonchev–Trinajstić information content (AvgIpc) is 3.17. The molecule has 2 aliphatic rings. The van der Waals surface area contributed by atoms with Gasteiger partial charge in [-0.3, -0.25) is 4.79 Å². The van der Waals surface area contributed by atoms with Crippen molar-refractivity contribution in [2.75, 3.05) is 18.6 Å². The van der Waals surface area contributed by atoms with Gasteiger partial charge in [0.15, 0.2) is 6.17 Å². The van der Waals surface area contributed by atoms with Gasteiger partial charge in [-0.25, -0.2) is 8.78 Å². The number of halogens is 3. The topological polar surface area (TPSA) is 48.6 Å². The molecule has 3 aromatic carbocycles. The first-order chi connectivity index (χ1) is 15.9. The lowest BCUT2D eigenvalue weighted by molar-refractivity contribution is 0.0641. The summed E-state index contributed by atoms with van der Waals surface area (Å²) < 4.78 is 33.9. The van der Waals surface area contributed by atoms with Gasteiger partial charge in [-0.05, 0) is 66.6 Å². The number of hydrogen-bond donors (Lipinski definition) is 1. The second-order valence-electron chi connectivity index (χ2n) is 8.21. The minimum atomic E-state index is -0.574. The van der Waals surface area contributed by atoms with Crippen molar-refractivity contribution >= 4 is 39.8 Å². The molecule has 1 amide bonds. The molecule has 1 aromatic heterocycles. The number of H-pyrrole nitrogens is 1. The van der Waals surface area contributed by atoms with E-state index in [0.717, 1.165) is 27.9 Å². The third-order valence-electron chi connectivity index (χ3n) is 6.38. The summed E-state index contributed by atoms with van der Waals surface area (Å²) in [4.78, 5) is 20.4. The van der Waals surface area contributed by atoms with Crippen molar-refractivity contribution in [2.45, 2.75) is 12.6 Å². The summed E-state index contributed by atoms with van der Waals surface area (Å²) in [7, 11) is 1.62. The first-order valence-electron chi connectivity index (χ1n) is 10.5. The molecule has 2 aliphatic heterocycles. The second kappa shape index (κ2) is 7.22. The summed E-state index contributed by atoms with van der Waals surface area (Å²) >= 11 is 6.19. The summed E-state index contributed by atoms with van der Waals surface area (Å²) in [6.07, 6.45) is 0.0446. The number of nitrogens with one attached hydrogen (secondary N) is 1. The lowest BCUT2D eigenvalue weighted by atomic mass is 9.95. The highest BCUT2D eigenvalue weighted by atomic mass is 35.5. The number of amides is 1. The Morgan fingerprint density at radius 3 is 2.70 bits per heavy atom. The van der Waals surface area contributed by atoms with Crippen LogP contribution in [0.2, 0.25) is 5.02 Å². The molecule has 1 unspecified atom stereocenters. The number of fused-ring (bicyclic) bond motifs is 6. The Morgan fingerprint density at radius 1 is 1.06 bits per heavy atom. The first-order valence-corrected chi connectivity index (χ1v) is 10.9. The van der Waals surface area contributed by atoms with Crippen LogP contribution in [0.4, 0.5) is 20.2 Å². The molecule has 33 heavy (non-hydrogen) atoms.